The van der Waals surface area contributed by atoms with E-state index in [-0.39, 0.29) is 5.82 Å². The Bertz CT molecular complexity index is 582. The Morgan fingerprint density at radius 3 is 2.56 bits per heavy atom. The maximum absolute atomic E-state index is 12.7. The third-order valence-electron chi connectivity index (χ3n) is 2.01. The summed E-state index contributed by atoms with van der Waals surface area (Å²) in [7, 11) is 0. The Balaban J connectivity index is 2.60. The number of carbonyl (C=O) groups excluding carboxylic acids is 1. The summed E-state index contributed by atoms with van der Waals surface area (Å²) in [5, 5.41) is 2.42. The number of nitrogens with zero attached hydrogens (tertiary/aromatic N) is 4. The van der Waals surface area contributed by atoms with Crippen molar-refractivity contribution in [1.82, 2.24) is 19.7 Å². The Hall–Kier alpha value is -1.96. The molecule has 18 heavy (non-hydrogen) atoms. The van der Waals surface area contributed by atoms with Gasteiger partial charge in [-0.2, -0.15) is 18.3 Å². The lowest BCUT2D eigenvalue weighted by Gasteiger charge is -2.10. The molecular formula is C9H4ClF3N4O. The van der Waals surface area contributed by atoms with Crippen LogP contribution in [0.4, 0.5) is 13.2 Å². The first-order valence-electron chi connectivity index (χ1n) is 4.52. The van der Waals surface area contributed by atoms with E-state index in [0.717, 1.165) is 17.1 Å². The molecule has 0 aliphatic heterocycles. The van der Waals surface area contributed by atoms with Crippen LogP contribution in [0.1, 0.15) is 16.1 Å². The van der Waals surface area contributed by atoms with Gasteiger partial charge in [-0.3, -0.25) is 4.79 Å². The number of carbonyl (C=O) groups is 1. The molecule has 2 heterocycles. The zero-order valence-electron chi connectivity index (χ0n) is 8.52. The van der Waals surface area contributed by atoms with Crippen LogP contribution in [0.25, 0.3) is 5.82 Å². The molecule has 0 fully saturated rings. The van der Waals surface area contributed by atoms with Crippen LogP contribution in [-0.2, 0) is 6.18 Å². The molecule has 9 heteroatoms. The molecule has 2 aromatic heterocycles. The van der Waals surface area contributed by atoms with Gasteiger partial charge in [-0.25, -0.2) is 14.6 Å². The maximum atomic E-state index is 12.7. The SMILES string of the molecule is O=C(Cl)c1ccc(-n2cncn2)nc1C(F)(F)F. The summed E-state index contributed by atoms with van der Waals surface area (Å²) in [5.74, 6) is -0.110. The van der Waals surface area contributed by atoms with Gasteiger partial charge < -0.3 is 0 Å². The largest absolute Gasteiger partial charge is 0.434 e. The van der Waals surface area contributed by atoms with Gasteiger partial charge in [0, 0.05) is 0 Å². The molecule has 0 saturated carbocycles. The summed E-state index contributed by atoms with van der Waals surface area (Å²) in [5.41, 5.74) is -2.05. The molecule has 0 radical (unpaired) electrons. The van der Waals surface area contributed by atoms with Crippen molar-refractivity contribution >= 4 is 16.8 Å². The van der Waals surface area contributed by atoms with E-state index in [4.69, 9.17) is 11.6 Å². The van der Waals surface area contributed by atoms with Crippen molar-refractivity contribution in [2.24, 2.45) is 0 Å². The number of alkyl halides is 3. The van der Waals surface area contributed by atoms with Crippen molar-refractivity contribution < 1.29 is 18.0 Å². The van der Waals surface area contributed by atoms with Gasteiger partial charge in [0.05, 0.1) is 5.56 Å². The molecule has 2 aromatic rings. The quantitative estimate of drug-likeness (QED) is 0.788. The van der Waals surface area contributed by atoms with E-state index in [1.54, 1.807) is 0 Å². The third-order valence-corrected chi connectivity index (χ3v) is 2.22. The fourth-order valence-electron chi connectivity index (χ4n) is 1.28. The minimum Gasteiger partial charge on any atom is -0.276 e. The van der Waals surface area contributed by atoms with Crippen molar-refractivity contribution in [2.75, 3.05) is 0 Å². The summed E-state index contributed by atoms with van der Waals surface area (Å²) in [6, 6.07) is 2.14. The van der Waals surface area contributed by atoms with Crippen LogP contribution in [0.3, 0.4) is 0 Å². The highest BCUT2D eigenvalue weighted by Gasteiger charge is 2.37. The molecule has 0 atom stereocenters. The highest BCUT2D eigenvalue weighted by molar-refractivity contribution is 6.67. The predicted octanol–water partition coefficient (Wildman–Crippen LogP) is 2.06. The van der Waals surface area contributed by atoms with E-state index in [1.807, 2.05) is 0 Å². The van der Waals surface area contributed by atoms with Gasteiger partial charge in [-0.1, -0.05) is 0 Å². The zero-order valence-corrected chi connectivity index (χ0v) is 9.27. The molecule has 0 aliphatic rings. The normalized spacial score (nSPS) is 11.6. The second kappa shape index (κ2) is 4.37. The van der Waals surface area contributed by atoms with Crippen LogP contribution in [0.2, 0.25) is 0 Å². The highest BCUT2D eigenvalue weighted by atomic mass is 35.5. The lowest BCUT2D eigenvalue weighted by Crippen LogP contribution is -2.15. The van der Waals surface area contributed by atoms with Gasteiger partial charge in [0.15, 0.2) is 11.5 Å². The molecule has 94 valence electrons. The Labute approximate surface area is 103 Å². The lowest BCUT2D eigenvalue weighted by molar-refractivity contribution is -0.141. The first kappa shape index (κ1) is 12.5. The number of hydrogen-bond donors (Lipinski definition) is 0. The van der Waals surface area contributed by atoms with Crippen molar-refractivity contribution in [3.05, 3.63) is 36.0 Å². The fraction of sp³-hybridized carbons (Fsp3) is 0.111. The van der Waals surface area contributed by atoms with E-state index >= 15 is 0 Å². The molecule has 0 saturated heterocycles. The van der Waals surface area contributed by atoms with Crippen molar-refractivity contribution in [3.63, 3.8) is 0 Å². The maximum Gasteiger partial charge on any atom is 0.434 e. The molecule has 0 spiro atoms. The van der Waals surface area contributed by atoms with Crippen LogP contribution < -0.4 is 0 Å². The Morgan fingerprint density at radius 2 is 2.06 bits per heavy atom. The van der Waals surface area contributed by atoms with Gasteiger partial charge in [0.2, 0.25) is 0 Å². The molecule has 0 bridgehead atoms. The van der Waals surface area contributed by atoms with Crippen LogP contribution in [-0.4, -0.2) is 25.0 Å². The van der Waals surface area contributed by atoms with Gasteiger partial charge in [-0.05, 0) is 23.7 Å². The van der Waals surface area contributed by atoms with E-state index < -0.39 is 22.7 Å². The minimum absolute atomic E-state index is 0.110. The van der Waals surface area contributed by atoms with E-state index in [2.05, 4.69) is 15.1 Å². The highest BCUT2D eigenvalue weighted by Crippen LogP contribution is 2.31. The number of halogens is 4. The molecule has 5 nitrogen and oxygen atoms in total. The molecule has 0 unspecified atom stereocenters. The summed E-state index contributed by atoms with van der Waals surface area (Å²) >= 11 is 5.08. The van der Waals surface area contributed by atoms with Crippen molar-refractivity contribution in [3.8, 4) is 5.82 Å². The number of pyridine rings is 1. The van der Waals surface area contributed by atoms with Gasteiger partial charge in [0.1, 0.15) is 12.7 Å². The first-order valence-corrected chi connectivity index (χ1v) is 4.90. The van der Waals surface area contributed by atoms with Gasteiger partial charge in [0.25, 0.3) is 5.24 Å². The molecule has 0 amide bonds. The monoisotopic (exact) mass is 276 g/mol. The number of aromatic nitrogens is 4. The standard InChI is InChI=1S/C9H4ClF3N4O/c10-8(18)5-1-2-6(17-4-14-3-15-17)16-7(5)9(11,12)13/h1-4H. The summed E-state index contributed by atoms with van der Waals surface area (Å²) in [4.78, 5) is 17.8. The number of hydrogen-bond acceptors (Lipinski definition) is 4. The summed E-state index contributed by atoms with van der Waals surface area (Å²) in [6.07, 6.45) is -2.45. The Kier molecular flexibility index (Phi) is 3.04. The first-order chi connectivity index (χ1) is 8.39. The van der Waals surface area contributed by atoms with Crippen LogP contribution in [0, 0.1) is 0 Å². The van der Waals surface area contributed by atoms with Crippen LogP contribution in [0.15, 0.2) is 24.8 Å². The number of rotatable bonds is 2. The molecular weight excluding hydrogens is 273 g/mol. The van der Waals surface area contributed by atoms with Crippen LogP contribution >= 0.6 is 11.6 Å². The van der Waals surface area contributed by atoms with Crippen molar-refractivity contribution in [1.29, 1.82) is 0 Å². The summed E-state index contributed by atoms with van der Waals surface area (Å²) in [6.45, 7) is 0. The average molecular weight is 277 g/mol. The molecule has 0 N–H and O–H groups in total. The van der Waals surface area contributed by atoms with Crippen molar-refractivity contribution in [2.45, 2.75) is 6.18 Å². The summed E-state index contributed by atoms with van der Waals surface area (Å²) < 4.78 is 39.2. The molecule has 0 aromatic carbocycles. The van der Waals surface area contributed by atoms with Gasteiger partial charge in [-0.15, -0.1) is 0 Å². The lowest BCUT2D eigenvalue weighted by atomic mass is 10.2. The van der Waals surface area contributed by atoms with Crippen LogP contribution in [0.5, 0.6) is 0 Å². The average Bonchev–Trinajstić information content (AvgIpc) is 2.80. The second-order valence-corrected chi connectivity index (χ2v) is 3.52. The van der Waals surface area contributed by atoms with E-state index in [0.29, 0.717) is 0 Å². The van der Waals surface area contributed by atoms with E-state index in [1.165, 1.54) is 12.4 Å². The Morgan fingerprint density at radius 1 is 1.33 bits per heavy atom. The molecule has 0 aliphatic carbocycles. The second-order valence-electron chi connectivity index (χ2n) is 3.18. The zero-order chi connectivity index (χ0) is 13.3. The smallest absolute Gasteiger partial charge is 0.276 e. The predicted molar refractivity (Wildman–Crippen MR) is 54.3 cm³/mol. The topological polar surface area (TPSA) is 60.7 Å². The molecule has 2 rings (SSSR count). The fourth-order valence-corrected chi connectivity index (χ4v) is 1.43. The third kappa shape index (κ3) is 2.33. The minimum atomic E-state index is -4.78. The van der Waals surface area contributed by atoms with E-state index in [9.17, 15) is 18.0 Å². The van der Waals surface area contributed by atoms with Gasteiger partial charge >= 0.3 is 6.18 Å².